The summed E-state index contributed by atoms with van der Waals surface area (Å²) in [5, 5.41) is 3.09. The number of nitrogens with zero attached hydrogens (tertiary/aromatic N) is 1. The molecule has 0 radical (unpaired) electrons. The fourth-order valence-electron chi connectivity index (χ4n) is 3.31. The second-order valence-corrected chi connectivity index (χ2v) is 6.75. The van der Waals surface area contributed by atoms with E-state index < -0.39 is 5.72 Å². The van der Waals surface area contributed by atoms with Gasteiger partial charge < -0.3 is 10.1 Å². The van der Waals surface area contributed by atoms with Crippen LogP contribution in [-0.4, -0.2) is 11.8 Å². The molecule has 4 rings (SSSR count). The van der Waals surface area contributed by atoms with Gasteiger partial charge in [0.2, 0.25) is 0 Å². The van der Waals surface area contributed by atoms with Crippen molar-refractivity contribution in [1.82, 2.24) is 5.32 Å². The summed E-state index contributed by atoms with van der Waals surface area (Å²) < 4.78 is 7.21. The van der Waals surface area contributed by atoms with Crippen LogP contribution < -0.4 is 15.0 Å². The number of carbonyl (C=O) groups excluding carboxylic acids is 1. The van der Waals surface area contributed by atoms with Crippen LogP contribution in [0.4, 0.5) is 10.5 Å². The zero-order valence-electron chi connectivity index (χ0n) is 12.0. The number of hydrogen-bond donors (Lipinski definition) is 1. The van der Waals surface area contributed by atoms with Gasteiger partial charge >= 0.3 is 6.03 Å². The van der Waals surface area contributed by atoms with Crippen LogP contribution in [0.2, 0.25) is 0 Å². The minimum absolute atomic E-state index is 0.0290. The Kier molecular flexibility index (Phi) is 2.94. The van der Waals surface area contributed by atoms with E-state index in [4.69, 9.17) is 4.74 Å². The molecule has 2 atom stereocenters. The molecule has 1 fully saturated rings. The summed E-state index contributed by atoms with van der Waals surface area (Å²) in [4.78, 5) is 14.3. The predicted octanol–water partition coefficient (Wildman–Crippen LogP) is 4.22. The third-order valence-corrected chi connectivity index (χ3v) is 4.74. The second kappa shape index (κ2) is 4.74. The maximum Gasteiger partial charge on any atom is 0.325 e. The molecule has 2 amide bonds. The molecular weight excluding hydrogens is 344 g/mol. The molecular formula is C17H15BrN2O2. The molecule has 0 spiro atoms. The number of halogens is 1. The molecule has 1 N–H and O–H groups in total. The van der Waals surface area contributed by atoms with E-state index in [1.165, 1.54) is 0 Å². The lowest BCUT2D eigenvalue weighted by atomic mass is 9.90. The van der Waals surface area contributed by atoms with E-state index in [9.17, 15) is 4.79 Å². The molecule has 2 aliphatic heterocycles. The summed E-state index contributed by atoms with van der Waals surface area (Å²) in [6.45, 7) is 1.97. The summed E-state index contributed by atoms with van der Waals surface area (Å²) in [5.74, 6) is 0.822. The molecule has 0 saturated carbocycles. The molecule has 2 unspecified atom stereocenters. The summed E-state index contributed by atoms with van der Waals surface area (Å²) in [7, 11) is 0. The van der Waals surface area contributed by atoms with E-state index in [0.29, 0.717) is 6.42 Å². The van der Waals surface area contributed by atoms with E-state index in [0.717, 1.165) is 21.5 Å². The van der Waals surface area contributed by atoms with Gasteiger partial charge in [0.25, 0.3) is 0 Å². The molecule has 0 aromatic heterocycles. The zero-order chi connectivity index (χ0) is 15.3. The fraction of sp³-hybridized carbons (Fsp3) is 0.235. The standard InChI is InChI=1S/C17H15BrN2O2/c1-17-10-14(13-9-11(18)7-8-15(13)22-17)19-16(21)20(17)12-5-3-2-4-6-12/h2-9,14H,10H2,1H3,(H,19,21). The lowest BCUT2D eigenvalue weighted by Gasteiger charge is -2.50. The number of nitrogens with one attached hydrogen (secondary N) is 1. The summed E-state index contributed by atoms with van der Waals surface area (Å²) in [6.07, 6.45) is 0.705. The van der Waals surface area contributed by atoms with Gasteiger partial charge in [0, 0.05) is 22.1 Å². The Morgan fingerprint density at radius 2 is 2.05 bits per heavy atom. The first-order chi connectivity index (χ1) is 10.6. The number of urea groups is 1. The zero-order valence-corrected chi connectivity index (χ0v) is 13.6. The first-order valence-electron chi connectivity index (χ1n) is 7.21. The number of carbonyl (C=O) groups is 1. The normalized spacial score (nSPS) is 26.0. The summed E-state index contributed by atoms with van der Waals surface area (Å²) >= 11 is 3.48. The molecule has 5 heteroatoms. The molecule has 2 heterocycles. The van der Waals surface area contributed by atoms with Crippen LogP contribution in [0.5, 0.6) is 5.75 Å². The smallest absolute Gasteiger partial charge is 0.325 e. The van der Waals surface area contributed by atoms with Crippen molar-refractivity contribution in [3.05, 3.63) is 58.6 Å². The SMILES string of the molecule is CC12CC(NC(=O)N1c1ccccc1)c1cc(Br)ccc1O2. The van der Waals surface area contributed by atoms with E-state index >= 15 is 0 Å². The number of amides is 2. The molecule has 2 aromatic carbocycles. The van der Waals surface area contributed by atoms with Crippen LogP contribution >= 0.6 is 15.9 Å². The van der Waals surface area contributed by atoms with Gasteiger partial charge in [0.05, 0.1) is 6.04 Å². The van der Waals surface area contributed by atoms with E-state index in [-0.39, 0.29) is 12.1 Å². The van der Waals surface area contributed by atoms with Gasteiger partial charge in [-0.25, -0.2) is 4.79 Å². The topological polar surface area (TPSA) is 41.6 Å². The number of benzene rings is 2. The minimum atomic E-state index is -0.685. The summed E-state index contributed by atoms with van der Waals surface area (Å²) in [5.41, 5.74) is 1.17. The Hall–Kier alpha value is -2.01. The average molecular weight is 359 g/mol. The van der Waals surface area contributed by atoms with Gasteiger partial charge in [-0.05, 0) is 37.3 Å². The van der Waals surface area contributed by atoms with Gasteiger partial charge in [0.1, 0.15) is 5.75 Å². The molecule has 1 saturated heterocycles. The molecule has 112 valence electrons. The van der Waals surface area contributed by atoms with Crippen molar-refractivity contribution in [1.29, 1.82) is 0 Å². The highest BCUT2D eigenvalue weighted by molar-refractivity contribution is 9.10. The van der Waals surface area contributed by atoms with Gasteiger partial charge in [-0.2, -0.15) is 0 Å². The molecule has 22 heavy (non-hydrogen) atoms. The molecule has 0 aliphatic carbocycles. The molecule has 4 nitrogen and oxygen atoms in total. The predicted molar refractivity (Wildman–Crippen MR) is 88.0 cm³/mol. The van der Waals surface area contributed by atoms with Crippen LogP contribution in [0.15, 0.2) is 53.0 Å². The van der Waals surface area contributed by atoms with Crippen molar-refractivity contribution in [2.45, 2.75) is 25.1 Å². The lowest BCUT2D eigenvalue weighted by molar-refractivity contribution is 0.0378. The van der Waals surface area contributed by atoms with Crippen molar-refractivity contribution in [3.63, 3.8) is 0 Å². The average Bonchev–Trinajstić information content (AvgIpc) is 2.48. The number of rotatable bonds is 1. The van der Waals surface area contributed by atoms with Gasteiger partial charge in [-0.3, -0.25) is 4.90 Å². The quantitative estimate of drug-likeness (QED) is 0.829. The summed E-state index contributed by atoms with van der Waals surface area (Å²) in [6, 6.07) is 15.4. The van der Waals surface area contributed by atoms with Gasteiger partial charge in [-0.15, -0.1) is 0 Å². The third kappa shape index (κ3) is 2.00. The first kappa shape index (κ1) is 13.6. The highest BCUT2D eigenvalue weighted by Gasteiger charge is 2.49. The number of hydrogen-bond acceptors (Lipinski definition) is 2. The molecule has 2 aromatic rings. The van der Waals surface area contributed by atoms with Crippen LogP contribution in [0, 0.1) is 0 Å². The monoisotopic (exact) mass is 358 g/mol. The Morgan fingerprint density at radius 3 is 2.82 bits per heavy atom. The van der Waals surface area contributed by atoms with Crippen molar-refractivity contribution in [3.8, 4) is 5.75 Å². The largest absolute Gasteiger partial charge is 0.467 e. The fourth-order valence-corrected chi connectivity index (χ4v) is 3.69. The van der Waals surface area contributed by atoms with E-state index in [1.54, 1.807) is 4.90 Å². The lowest BCUT2D eigenvalue weighted by Crippen LogP contribution is -2.65. The molecule has 2 bridgehead atoms. The Bertz CT molecular complexity index is 750. The maximum atomic E-state index is 12.6. The van der Waals surface area contributed by atoms with Crippen LogP contribution in [0.3, 0.4) is 0 Å². The van der Waals surface area contributed by atoms with Crippen molar-refractivity contribution in [2.75, 3.05) is 4.90 Å². The van der Waals surface area contributed by atoms with Crippen molar-refractivity contribution < 1.29 is 9.53 Å². The Balaban J connectivity index is 1.81. The third-order valence-electron chi connectivity index (χ3n) is 4.25. The van der Waals surface area contributed by atoms with Crippen LogP contribution in [0.25, 0.3) is 0 Å². The first-order valence-corrected chi connectivity index (χ1v) is 8.00. The van der Waals surface area contributed by atoms with E-state index in [1.807, 2.05) is 55.5 Å². The van der Waals surface area contributed by atoms with Crippen molar-refractivity contribution >= 4 is 27.6 Å². The van der Waals surface area contributed by atoms with E-state index in [2.05, 4.69) is 21.2 Å². The number of anilines is 1. The molecule has 2 aliphatic rings. The highest BCUT2D eigenvalue weighted by Crippen LogP contribution is 2.46. The maximum absolute atomic E-state index is 12.6. The number of para-hydroxylation sites is 1. The number of fused-ring (bicyclic) bond motifs is 4. The second-order valence-electron chi connectivity index (χ2n) is 5.84. The van der Waals surface area contributed by atoms with Crippen LogP contribution in [-0.2, 0) is 0 Å². The van der Waals surface area contributed by atoms with Gasteiger partial charge in [0.15, 0.2) is 5.72 Å². The van der Waals surface area contributed by atoms with Crippen molar-refractivity contribution in [2.24, 2.45) is 0 Å². The van der Waals surface area contributed by atoms with Crippen LogP contribution in [0.1, 0.15) is 24.9 Å². The Labute approximate surface area is 137 Å². The highest BCUT2D eigenvalue weighted by atomic mass is 79.9. The Morgan fingerprint density at radius 1 is 1.27 bits per heavy atom. The van der Waals surface area contributed by atoms with Gasteiger partial charge in [-0.1, -0.05) is 34.1 Å². The number of ether oxygens (including phenoxy) is 1. The minimum Gasteiger partial charge on any atom is -0.467 e.